The van der Waals surface area contributed by atoms with Crippen molar-refractivity contribution in [1.82, 2.24) is 0 Å². The van der Waals surface area contributed by atoms with Crippen molar-refractivity contribution in [3.8, 4) is 11.5 Å². The number of carbonyl (C=O) groups excluding carboxylic acids is 5. The molecule has 2 aromatic carbocycles. The summed E-state index contributed by atoms with van der Waals surface area (Å²) < 4.78 is 63.4. The predicted octanol–water partition coefficient (Wildman–Crippen LogP) is 6.07. The third-order valence-electron chi connectivity index (χ3n) is 22.0. The number of ether oxygens (including phenoxy) is 4. The summed E-state index contributed by atoms with van der Waals surface area (Å²) in [4.78, 5) is 77.2. The van der Waals surface area contributed by atoms with E-state index in [1.807, 2.05) is 41.5 Å². The standard InChI is InChI=1S/C31H40BFO8.C30H38BFO9/c1-17-8-12-31-13-10-21(35)27(31)30(17,5)23(14-29(4,11-9-18(2)34)28(37)19(31)3)41-24(36)16-39-22-7-6-20-15-40-32(38)25(20)26(22)33;1-16-7-11-30-12-8-19(33)26(30)29(16,4)21(13-28(3,10-9-22(34)35)27(37)17(30)2)41-23(36)15-39-20-6-5-18-14-40-31(38)24(18)25(20)32/h6-7,9,11,17,19,23,27-28,37-38H,8,10,12-16H2,1-5H3;5-6,9-10,16-17,21,26-27,37-38H,7-8,11-15H2,1-4H3,(H,34,35)/b11-9+;10-9+/t17-,19+,23-,27+,28+,29-,30+,31+;16-,17+,21-,26+,27+,28-,29+,30+/m11/s1. The molecule has 2 heterocycles. The highest BCUT2D eigenvalue weighted by Crippen LogP contribution is 2.70. The van der Waals surface area contributed by atoms with E-state index in [1.165, 1.54) is 31.2 Å². The molecule has 6 fully saturated rings. The topological polar surface area (TPSA) is 259 Å². The van der Waals surface area contributed by atoms with Gasteiger partial charge in [0.05, 0.1) is 25.4 Å². The molecule has 6 saturated carbocycles. The van der Waals surface area contributed by atoms with E-state index in [4.69, 9.17) is 28.3 Å². The fourth-order valence-electron chi connectivity index (χ4n) is 16.9. The zero-order chi connectivity index (χ0) is 59.8. The van der Waals surface area contributed by atoms with E-state index < -0.39 is 120 Å². The van der Waals surface area contributed by atoms with Crippen molar-refractivity contribution in [3.05, 3.63) is 71.3 Å². The van der Waals surface area contributed by atoms with E-state index in [-0.39, 0.29) is 95.4 Å². The summed E-state index contributed by atoms with van der Waals surface area (Å²) >= 11 is 0. The summed E-state index contributed by atoms with van der Waals surface area (Å²) in [6.45, 7) is 16.1. The lowest BCUT2D eigenvalue weighted by molar-refractivity contribution is -0.207. The number of hydrogen-bond donors (Lipinski definition) is 5. The van der Waals surface area contributed by atoms with Crippen molar-refractivity contribution >= 4 is 60.4 Å². The summed E-state index contributed by atoms with van der Waals surface area (Å²) in [6.07, 6.45) is 7.67. The monoisotopic (exact) mass is 1140 g/mol. The largest absolute Gasteiger partial charge is 0.494 e. The van der Waals surface area contributed by atoms with Gasteiger partial charge in [0, 0.05) is 63.3 Å². The van der Waals surface area contributed by atoms with Crippen LogP contribution in [0, 0.1) is 79.6 Å². The number of aliphatic carboxylic acids is 1. The van der Waals surface area contributed by atoms with Crippen LogP contribution in [0.5, 0.6) is 11.5 Å². The van der Waals surface area contributed by atoms with Crippen LogP contribution in [-0.4, -0.2) is 112 Å². The number of halogens is 2. The number of benzene rings is 2. The Balaban J connectivity index is 0.000000198. The Kier molecular flexibility index (Phi) is 16.9. The van der Waals surface area contributed by atoms with Crippen LogP contribution < -0.4 is 20.4 Å². The lowest BCUT2D eigenvalue weighted by Gasteiger charge is -2.61. The Bertz CT molecular complexity index is 2760. The van der Waals surface area contributed by atoms with E-state index in [1.54, 1.807) is 25.1 Å². The molecule has 0 unspecified atom stereocenters. The van der Waals surface area contributed by atoms with E-state index >= 15 is 4.39 Å². The molecule has 2 aromatic rings. The van der Waals surface area contributed by atoms with Gasteiger partial charge in [0.2, 0.25) is 0 Å². The number of fused-ring (bicyclic) bond motifs is 2. The first-order chi connectivity index (χ1) is 38.5. The molecule has 0 spiro atoms. The van der Waals surface area contributed by atoms with Crippen LogP contribution in [-0.2, 0) is 60.8 Å². The van der Waals surface area contributed by atoms with E-state index in [2.05, 4.69) is 6.92 Å². The van der Waals surface area contributed by atoms with E-state index in [9.17, 15) is 58.5 Å². The fourth-order valence-corrected chi connectivity index (χ4v) is 16.9. The Hall–Kier alpha value is -5.31. The van der Waals surface area contributed by atoms with Crippen LogP contribution >= 0.6 is 0 Å². The quantitative estimate of drug-likeness (QED) is 0.0918. The van der Waals surface area contributed by atoms with E-state index in [0.29, 0.717) is 36.8 Å². The molecule has 444 valence electrons. The van der Waals surface area contributed by atoms with Crippen molar-refractivity contribution in [2.45, 2.75) is 164 Å². The number of aliphatic hydroxyl groups is 2. The summed E-state index contributed by atoms with van der Waals surface area (Å²) in [5.74, 6) is -5.95. The van der Waals surface area contributed by atoms with Gasteiger partial charge >= 0.3 is 32.1 Å². The number of rotatable bonds is 12. The minimum atomic E-state index is -1.42. The molecule has 0 saturated heterocycles. The average Bonchev–Trinajstić information content (AvgIpc) is 1.74. The molecule has 5 N–H and O–H groups in total. The number of carbonyl (C=O) groups is 6. The Morgan fingerprint density at radius 2 is 1.04 bits per heavy atom. The number of Topliss-reactive ketones (excluding diaryl/α,β-unsaturated/α-hetero) is 2. The maximum absolute atomic E-state index is 15.0. The first-order valence-corrected chi connectivity index (χ1v) is 28.9. The number of carboxylic acid groups (broad SMARTS) is 1. The second-order valence-electron chi connectivity index (χ2n) is 26.1. The van der Waals surface area contributed by atoms with Gasteiger partial charge in [-0.3, -0.25) is 14.4 Å². The van der Waals surface area contributed by atoms with Crippen molar-refractivity contribution in [2.24, 2.45) is 68.0 Å². The molecule has 0 aromatic heterocycles. The Labute approximate surface area is 478 Å². The molecule has 10 rings (SSSR count). The predicted molar refractivity (Wildman–Crippen MR) is 294 cm³/mol. The van der Waals surface area contributed by atoms with Crippen LogP contribution in [0.2, 0.25) is 0 Å². The molecule has 17 nitrogen and oxygen atoms in total. The molecule has 8 aliphatic rings. The highest BCUT2D eigenvalue weighted by molar-refractivity contribution is 6.62. The van der Waals surface area contributed by atoms with Crippen LogP contribution in [0.4, 0.5) is 8.78 Å². The number of ketones is 3. The zero-order valence-corrected chi connectivity index (χ0v) is 48.3. The molecule has 0 radical (unpaired) electrons. The van der Waals surface area contributed by atoms with Gasteiger partial charge in [0.1, 0.15) is 23.8 Å². The zero-order valence-electron chi connectivity index (χ0n) is 48.3. The summed E-state index contributed by atoms with van der Waals surface area (Å²) in [5.41, 5.74) is -3.48. The second-order valence-corrected chi connectivity index (χ2v) is 26.1. The van der Waals surface area contributed by atoms with Crippen molar-refractivity contribution < 1.29 is 91.2 Å². The van der Waals surface area contributed by atoms with Crippen molar-refractivity contribution in [2.75, 3.05) is 13.2 Å². The first kappa shape index (κ1) is 61.3. The third-order valence-corrected chi connectivity index (χ3v) is 22.0. The maximum Gasteiger partial charge on any atom is 0.494 e. The Morgan fingerprint density at radius 1 is 0.646 bits per heavy atom. The average molecular weight is 1140 g/mol. The number of carboxylic acids is 1. The smallest absolute Gasteiger partial charge is 0.479 e. The minimum Gasteiger partial charge on any atom is -0.479 e. The van der Waals surface area contributed by atoms with Crippen LogP contribution in [0.3, 0.4) is 0 Å². The van der Waals surface area contributed by atoms with Gasteiger partial charge in [-0.1, -0.05) is 79.7 Å². The summed E-state index contributed by atoms with van der Waals surface area (Å²) in [5, 5.41) is 52.8. The second kappa shape index (κ2) is 22.6. The van der Waals surface area contributed by atoms with Gasteiger partial charge in [0.25, 0.3) is 0 Å². The van der Waals surface area contributed by atoms with Crippen LogP contribution in [0.1, 0.15) is 138 Å². The van der Waals surface area contributed by atoms with Gasteiger partial charge in [-0.2, -0.15) is 0 Å². The van der Waals surface area contributed by atoms with Gasteiger partial charge in [0.15, 0.2) is 42.1 Å². The molecule has 4 bridgehead atoms. The first-order valence-electron chi connectivity index (χ1n) is 28.9. The van der Waals surface area contributed by atoms with E-state index in [0.717, 1.165) is 31.8 Å². The Morgan fingerprint density at radius 3 is 1.41 bits per heavy atom. The molecule has 21 heteroatoms. The van der Waals surface area contributed by atoms with Crippen molar-refractivity contribution in [3.63, 3.8) is 0 Å². The highest BCUT2D eigenvalue weighted by atomic mass is 19.1. The van der Waals surface area contributed by atoms with Crippen LogP contribution in [0.25, 0.3) is 0 Å². The lowest BCUT2D eigenvalue weighted by atomic mass is 9.44. The molecule has 2 aliphatic heterocycles. The molecule has 6 aliphatic carbocycles. The molecule has 16 atom stereocenters. The lowest BCUT2D eigenvalue weighted by Crippen LogP contribution is -2.63. The number of esters is 2. The summed E-state index contributed by atoms with van der Waals surface area (Å²) in [6, 6.07) is 5.88. The molecular weight excluding hydrogens is 1060 g/mol. The summed E-state index contributed by atoms with van der Waals surface area (Å²) in [7, 11) is -2.82. The van der Waals surface area contributed by atoms with Gasteiger partial charge in [-0.25, -0.2) is 23.2 Å². The van der Waals surface area contributed by atoms with Gasteiger partial charge in [-0.15, -0.1) is 0 Å². The van der Waals surface area contributed by atoms with Gasteiger partial charge < -0.3 is 53.6 Å². The maximum atomic E-state index is 15.0. The normalized spacial score (nSPS) is 38.3. The van der Waals surface area contributed by atoms with Crippen molar-refractivity contribution in [1.29, 1.82) is 0 Å². The number of hydrogen-bond acceptors (Lipinski definition) is 16. The number of aliphatic hydroxyl groups excluding tert-OH is 2. The fraction of sp³-hybridized carbons (Fsp3) is 0.639. The highest BCUT2D eigenvalue weighted by Gasteiger charge is 2.70. The van der Waals surface area contributed by atoms with Gasteiger partial charge in [-0.05, 0) is 122 Å². The third kappa shape index (κ3) is 10.3. The SMILES string of the molecule is CC(=O)/C=C/[C@]1(C)C[C@@H](OC(=O)COc2ccc3c(c2F)B(O)OC3)[C@]2(C)[C@H](C)CC[C@]3(CCC(=O)[C@H]32)[C@@H](C)[C@@H]1O.C[C@@H]1CC[C@@]23CCC(=O)[C@H]2[C@]1(C)[C@H](OC(=O)COc1ccc2c(c1F)B(O)OC2)C[C@@](C)(/C=C/C(=O)O)[C@@H](O)[C@@H]3C. The number of allylic oxidation sites excluding steroid dienone is 1. The minimum absolute atomic E-state index is 0.00724. The molecule has 0 amide bonds. The van der Waals surface area contributed by atoms with Crippen LogP contribution in [0.15, 0.2) is 48.6 Å². The molecule has 82 heavy (non-hydrogen) atoms. The molecular formula is C61H78B2F2O17.